The van der Waals surface area contributed by atoms with Crippen LogP contribution in [0.15, 0.2) is 24.3 Å². The molecule has 3 rings (SSSR count). The van der Waals surface area contributed by atoms with E-state index in [1.165, 1.54) is 0 Å². The van der Waals surface area contributed by atoms with Crippen molar-refractivity contribution in [2.24, 2.45) is 0 Å². The lowest BCUT2D eigenvalue weighted by Gasteiger charge is -2.53. The van der Waals surface area contributed by atoms with Gasteiger partial charge in [0.2, 0.25) is 5.91 Å². The molecular formula is C23H35N3O7. The molecule has 184 valence electrons. The lowest BCUT2D eigenvalue weighted by atomic mass is 9.73. The summed E-state index contributed by atoms with van der Waals surface area (Å²) in [6.07, 6.45) is 1.49. The molecule has 33 heavy (non-hydrogen) atoms. The molecule has 0 bridgehead atoms. The summed E-state index contributed by atoms with van der Waals surface area (Å²) in [5.41, 5.74) is -0.978. The zero-order valence-corrected chi connectivity index (χ0v) is 19.5. The standard InChI is InChI=1S/C22H33N3O5.CH2O2/c1-21(24-19(27)16-5-4-6-17(15-16)29-3)10-14-30-22(20(21)28)8-12-25(13-9-22)11-7-18(26)23-2;2-1-3/h4-6,15,20,28H,7-14H2,1-3H3,(H,23,26)(H,24,27);1H,(H,2,3)/t20-,21+;/m0./s1. The van der Waals surface area contributed by atoms with Gasteiger partial charge in [0.05, 0.1) is 18.2 Å². The Hall–Kier alpha value is -2.69. The second kappa shape index (κ2) is 12.0. The van der Waals surface area contributed by atoms with E-state index < -0.39 is 17.2 Å². The molecule has 2 aliphatic heterocycles. The second-order valence-corrected chi connectivity index (χ2v) is 8.54. The molecule has 2 fully saturated rings. The van der Waals surface area contributed by atoms with Crippen molar-refractivity contribution in [3.63, 3.8) is 0 Å². The van der Waals surface area contributed by atoms with Crippen LogP contribution in [0.1, 0.15) is 43.0 Å². The number of carbonyl (C=O) groups is 3. The number of piperidine rings is 1. The minimum atomic E-state index is -0.825. The predicted molar refractivity (Wildman–Crippen MR) is 121 cm³/mol. The van der Waals surface area contributed by atoms with E-state index in [2.05, 4.69) is 15.5 Å². The summed E-state index contributed by atoms with van der Waals surface area (Å²) in [7, 11) is 3.20. The first kappa shape index (κ1) is 26.6. The summed E-state index contributed by atoms with van der Waals surface area (Å²) in [6, 6.07) is 6.97. The van der Waals surface area contributed by atoms with Crippen molar-refractivity contribution in [3.05, 3.63) is 29.8 Å². The monoisotopic (exact) mass is 465 g/mol. The van der Waals surface area contributed by atoms with Crippen molar-refractivity contribution in [3.8, 4) is 5.75 Å². The number of carboxylic acid groups (broad SMARTS) is 1. The molecule has 0 radical (unpaired) electrons. The lowest BCUT2D eigenvalue weighted by Crippen LogP contribution is -2.69. The number of hydrogen-bond donors (Lipinski definition) is 4. The first-order valence-electron chi connectivity index (χ1n) is 11.0. The van der Waals surface area contributed by atoms with Crippen LogP contribution in [0.4, 0.5) is 0 Å². The molecule has 0 unspecified atom stereocenters. The maximum Gasteiger partial charge on any atom is 0.290 e. The molecule has 10 heteroatoms. The first-order chi connectivity index (χ1) is 15.7. The van der Waals surface area contributed by atoms with Crippen LogP contribution in [0.25, 0.3) is 0 Å². The number of benzene rings is 1. The van der Waals surface area contributed by atoms with Crippen molar-refractivity contribution in [1.29, 1.82) is 0 Å². The summed E-state index contributed by atoms with van der Waals surface area (Å²) >= 11 is 0. The van der Waals surface area contributed by atoms with Gasteiger partial charge in [-0.05, 0) is 44.4 Å². The predicted octanol–water partition coefficient (Wildman–Crippen LogP) is 0.636. The first-order valence-corrected chi connectivity index (χ1v) is 11.0. The zero-order valence-electron chi connectivity index (χ0n) is 19.5. The fraction of sp³-hybridized carbons (Fsp3) is 0.609. The minimum Gasteiger partial charge on any atom is -0.497 e. The van der Waals surface area contributed by atoms with E-state index in [0.29, 0.717) is 50.1 Å². The van der Waals surface area contributed by atoms with Crippen LogP contribution in [0.5, 0.6) is 5.75 Å². The number of aliphatic hydroxyl groups excluding tert-OH is 1. The van der Waals surface area contributed by atoms with Crippen LogP contribution < -0.4 is 15.4 Å². The van der Waals surface area contributed by atoms with Gasteiger partial charge in [-0.25, -0.2) is 0 Å². The van der Waals surface area contributed by atoms with Crippen LogP contribution in [0.2, 0.25) is 0 Å². The number of carbonyl (C=O) groups excluding carboxylic acids is 2. The van der Waals surface area contributed by atoms with Crippen LogP contribution >= 0.6 is 0 Å². The summed E-state index contributed by atoms with van der Waals surface area (Å²) in [6.45, 7) is 4.29. The molecular weight excluding hydrogens is 430 g/mol. The van der Waals surface area contributed by atoms with E-state index in [0.717, 1.165) is 13.1 Å². The van der Waals surface area contributed by atoms with E-state index in [9.17, 15) is 14.7 Å². The average Bonchev–Trinajstić information content (AvgIpc) is 2.82. The number of aliphatic hydroxyl groups is 1. The van der Waals surface area contributed by atoms with Gasteiger partial charge in [0.15, 0.2) is 0 Å². The van der Waals surface area contributed by atoms with Gasteiger partial charge < -0.3 is 35.2 Å². The molecule has 1 aromatic carbocycles. The number of hydrogen-bond acceptors (Lipinski definition) is 7. The van der Waals surface area contributed by atoms with E-state index in [1.54, 1.807) is 38.4 Å². The van der Waals surface area contributed by atoms with Crippen molar-refractivity contribution >= 4 is 18.3 Å². The average molecular weight is 466 g/mol. The molecule has 1 aromatic rings. The van der Waals surface area contributed by atoms with Crippen LogP contribution in [-0.4, -0.2) is 91.0 Å². The Balaban J connectivity index is 0.00000122. The van der Waals surface area contributed by atoms with Gasteiger partial charge in [0, 0.05) is 45.3 Å². The third-order valence-electron chi connectivity index (χ3n) is 6.48. The van der Waals surface area contributed by atoms with E-state index in [-0.39, 0.29) is 18.3 Å². The third-order valence-corrected chi connectivity index (χ3v) is 6.48. The number of ether oxygens (including phenoxy) is 2. The van der Waals surface area contributed by atoms with Gasteiger partial charge in [-0.2, -0.15) is 0 Å². The Bertz CT molecular complexity index is 811. The summed E-state index contributed by atoms with van der Waals surface area (Å²) < 4.78 is 11.3. The van der Waals surface area contributed by atoms with Gasteiger partial charge in [-0.15, -0.1) is 0 Å². The highest BCUT2D eigenvalue weighted by molar-refractivity contribution is 5.95. The Morgan fingerprint density at radius 2 is 1.97 bits per heavy atom. The molecule has 0 aromatic heterocycles. The highest BCUT2D eigenvalue weighted by Gasteiger charge is 2.53. The third kappa shape index (κ3) is 6.66. The number of nitrogens with zero attached hydrogens (tertiary/aromatic N) is 1. The number of likely N-dealkylation sites (tertiary alicyclic amines) is 1. The van der Waals surface area contributed by atoms with E-state index in [4.69, 9.17) is 19.4 Å². The van der Waals surface area contributed by atoms with Crippen molar-refractivity contribution in [2.75, 3.05) is 40.4 Å². The molecule has 0 saturated carbocycles. The van der Waals surface area contributed by atoms with Crippen molar-refractivity contribution < 1.29 is 34.1 Å². The Kier molecular flexibility index (Phi) is 9.63. The second-order valence-electron chi connectivity index (χ2n) is 8.54. The quantitative estimate of drug-likeness (QED) is 0.449. The lowest BCUT2D eigenvalue weighted by molar-refractivity contribution is -0.205. The summed E-state index contributed by atoms with van der Waals surface area (Å²) in [5.74, 6) is 0.397. The number of methoxy groups -OCH3 is 1. The molecule has 4 N–H and O–H groups in total. The Morgan fingerprint density at radius 3 is 2.58 bits per heavy atom. The van der Waals surface area contributed by atoms with Gasteiger partial charge in [-0.1, -0.05) is 6.07 Å². The molecule has 2 heterocycles. The fourth-order valence-electron chi connectivity index (χ4n) is 4.45. The largest absolute Gasteiger partial charge is 0.497 e. The zero-order chi connectivity index (χ0) is 24.5. The van der Waals surface area contributed by atoms with Gasteiger partial charge in [0.25, 0.3) is 12.4 Å². The highest BCUT2D eigenvalue weighted by Crippen LogP contribution is 2.40. The molecule has 10 nitrogen and oxygen atoms in total. The van der Waals surface area contributed by atoms with Crippen molar-refractivity contribution in [1.82, 2.24) is 15.5 Å². The molecule has 2 atom stereocenters. The normalized spacial score (nSPS) is 24.2. The summed E-state index contributed by atoms with van der Waals surface area (Å²) in [5, 5.41) is 23.9. The van der Waals surface area contributed by atoms with E-state index >= 15 is 0 Å². The topological polar surface area (TPSA) is 137 Å². The van der Waals surface area contributed by atoms with Gasteiger partial charge >= 0.3 is 0 Å². The number of amides is 2. The highest BCUT2D eigenvalue weighted by atomic mass is 16.5. The number of nitrogens with one attached hydrogen (secondary N) is 2. The molecule has 2 saturated heterocycles. The molecule has 2 amide bonds. The van der Waals surface area contributed by atoms with Crippen LogP contribution in [-0.2, 0) is 14.3 Å². The van der Waals surface area contributed by atoms with Crippen LogP contribution in [0.3, 0.4) is 0 Å². The Morgan fingerprint density at radius 1 is 1.30 bits per heavy atom. The minimum absolute atomic E-state index is 0.0251. The van der Waals surface area contributed by atoms with Crippen LogP contribution in [0, 0.1) is 0 Å². The number of rotatable bonds is 6. The van der Waals surface area contributed by atoms with E-state index in [1.807, 2.05) is 6.92 Å². The smallest absolute Gasteiger partial charge is 0.290 e. The maximum absolute atomic E-state index is 12.9. The fourth-order valence-corrected chi connectivity index (χ4v) is 4.45. The molecule has 2 aliphatic rings. The van der Waals surface area contributed by atoms with Crippen molar-refractivity contribution in [2.45, 2.75) is 49.9 Å². The van der Waals surface area contributed by atoms with Gasteiger partial charge in [-0.3, -0.25) is 14.4 Å². The maximum atomic E-state index is 12.9. The molecule has 0 aliphatic carbocycles. The Labute approximate surface area is 194 Å². The molecule has 1 spiro atoms. The summed E-state index contributed by atoms with van der Waals surface area (Å²) in [4.78, 5) is 34.9. The SMILES string of the molecule is CNC(=O)CCN1CCC2(CC1)OCC[C@@](C)(NC(=O)c1cccc(OC)c1)[C@@H]2O.O=CO. The van der Waals surface area contributed by atoms with Gasteiger partial charge in [0.1, 0.15) is 11.9 Å².